The lowest BCUT2D eigenvalue weighted by Gasteiger charge is -2.29. The van der Waals surface area contributed by atoms with Crippen molar-refractivity contribution in [1.82, 2.24) is 4.90 Å². The lowest BCUT2D eigenvalue weighted by atomic mass is 10.0. The number of anilines is 1. The van der Waals surface area contributed by atoms with Crippen LogP contribution < -0.4 is 19.5 Å². The first-order valence-corrected chi connectivity index (χ1v) is 13.4. The molecule has 1 heterocycles. The molecule has 1 fully saturated rings. The summed E-state index contributed by atoms with van der Waals surface area (Å²) < 4.78 is 16.9. The fraction of sp³-hybridized carbons (Fsp3) is 0.242. The third kappa shape index (κ3) is 6.21. The number of carbonyl (C=O) groups excluding carboxylic acids is 1. The number of nitrogens with zero attached hydrogens (tertiary/aromatic N) is 1. The normalized spacial score (nSPS) is 14.0. The highest BCUT2D eigenvalue weighted by Gasteiger charge is 2.19. The number of methoxy groups -OCH3 is 2. The molecule has 7 heteroatoms. The van der Waals surface area contributed by atoms with Crippen LogP contribution >= 0.6 is 0 Å². The molecule has 0 bridgehead atoms. The minimum absolute atomic E-state index is 0.119. The maximum atomic E-state index is 13.1. The van der Waals surface area contributed by atoms with Crippen LogP contribution in [-0.2, 0) is 0 Å². The summed E-state index contributed by atoms with van der Waals surface area (Å²) in [6.07, 6.45) is 2.01. The third-order valence-electron chi connectivity index (χ3n) is 7.24. The van der Waals surface area contributed by atoms with Gasteiger partial charge >= 0.3 is 0 Å². The van der Waals surface area contributed by atoms with Crippen molar-refractivity contribution in [3.63, 3.8) is 0 Å². The third-order valence-corrected chi connectivity index (χ3v) is 7.24. The maximum absolute atomic E-state index is 13.1. The van der Waals surface area contributed by atoms with Crippen LogP contribution in [0.1, 0.15) is 23.2 Å². The molecule has 0 atom stereocenters. The Balaban J connectivity index is 1.27. The Morgan fingerprint density at radius 1 is 0.825 bits per heavy atom. The molecular weight excluding hydrogens is 504 g/mol. The van der Waals surface area contributed by atoms with Gasteiger partial charge in [-0.25, -0.2) is 0 Å². The molecule has 4 aromatic carbocycles. The molecule has 1 aliphatic rings. The van der Waals surface area contributed by atoms with Crippen molar-refractivity contribution in [1.29, 1.82) is 0 Å². The average Bonchev–Trinajstić information content (AvgIpc) is 2.99. The molecule has 40 heavy (non-hydrogen) atoms. The quantitative estimate of drug-likeness (QED) is 0.268. The highest BCUT2D eigenvalue weighted by Crippen LogP contribution is 2.35. The molecule has 1 amide bonds. The zero-order valence-electron chi connectivity index (χ0n) is 23.0. The molecule has 206 valence electrons. The van der Waals surface area contributed by atoms with Crippen molar-refractivity contribution in [3.8, 4) is 45.3 Å². The van der Waals surface area contributed by atoms with E-state index in [4.69, 9.17) is 14.2 Å². The standard InChI is InChI=1S/C33H34N2O5/c1-35-17-15-27(16-18-35)40-32-14-9-23(21-30(32)36)22-7-11-26(12-8-22)34-33(37)25-10-13-31(39-3)29(20-25)24-5-4-6-28(19-24)38-2/h4-14,19-21,27,36H,15-18H2,1-3H3,(H,34,37). The van der Waals surface area contributed by atoms with Gasteiger partial charge in [-0.1, -0.05) is 30.3 Å². The van der Waals surface area contributed by atoms with Gasteiger partial charge in [-0.2, -0.15) is 0 Å². The van der Waals surface area contributed by atoms with Crippen LogP contribution in [-0.4, -0.2) is 56.4 Å². The molecule has 0 unspecified atom stereocenters. The largest absolute Gasteiger partial charge is 0.504 e. The second-order valence-electron chi connectivity index (χ2n) is 9.98. The van der Waals surface area contributed by atoms with Crippen LogP contribution in [0.2, 0.25) is 0 Å². The van der Waals surface area contributed by atoms with E-state index in [-0.39, 0.29) is 17.8 Å². The number of phenols is 1. The van der Waals surface area contributed by atoms with Crippen molar-refractivity contribution >= 4 is 11.6 Å². The Morgan fingerprint density at radius 2 is 1.55 bits per heavy atom. The summed E-state index contributed by atoms with van der Waals surface area (Å²) in [5, 5.41) is 13.6. The molecule has 0 spiro atoms. The molecule has 1 saturated heterocycles. The van der Waals surface area contributed by atoms with Crippen LogP contribution in [0.5, 0.6) is 23.0 Å². The number of hydrogen-bond donors (Lipinski definition) is 2. The number of carbonyl (C=O) groups is 1. The Bertz CT molecular complexity index is 1480. The predicted octanol–water partition coefficient (Wildman–Crippen LogP) is 6.47. The van der Waals surface area contributed by atoms with Gasteiger partial charge in [0.25, 0.3) is 5.91 Å². The zero-order valence-corrected chi connectivity index (χ0v) is 23.0. The van der Waals surface area contributed by atoms with Gasteiger partial charge in [0.05, 0.1) is 14.2 Å². The second kappa shape index (κ2) is 12.1. The van der Waals surface area contributed by atoms with Gasteiger partial charge in [0.2, 0.25) is 0 Å². The summed E-state index contributed by atoms with van der Waals surface area (Å²) in [6, 6.07) is 26.0. The summed E-state index contributed by atoms with van der Waals surface area (Å²) in [5.41, 5.74) is 4.65. The molecule has 0 saturated carbocycles. The first-order valence-electron chi connectivity index (χ1n) is 13.4. The van der Waals surface area contributed by atoms with E-state index < -0.39 is 0 Å². The highest BCUT2D eigenvalue weighted by molar-refractivity contribution is 6.05. The number of benzene rings is 4. The van der Waals surface area contributed by atoms with Gasteiger partial charge < -0.3 is 29.5 Å². The monoisotopic (exact) mass is 538 g/mol. The number of nitrogens with one attached hydrogen (secondary N) is 1. The number of likely N-dealkylation sites (tertiary alicyclic amines) is 1. The molecule has 1 aliphatic heterocycles. The number of ether oxygens (including phenoxy) is 3. The fourth-order valence-corrected chi connectivity index (χ4v) is 4.89. The first-order chi connectivity index (χ1) is 19.4. The average molecular weight is 539 g/mol. The predicted molar refractivity (Wildman–Crippen MR) is 158 cm³/mol. The Kier molecular flexibility index (Phi) is 8.22. The van der Waals surface area contributed by atoms with Gasteiger partial charge in [0, 0.05) is 29.9 Å². The van der Waals surface area contributed by atoms with E-state index in [0.29, 0.717) is 22.7 Å². The molecule has 4 aromatic rings. The minimum Gasteiger partial charge on any atom is -0.504 e. The van der Waals surface area contributed by atoms with Crippen LogP contribution in [0.15, 0.2) is 84.9 Å². The summed E-state index contributed by atoms with van der Waals surface area (Å²) in [6.45, 7) is 1.99. The van der Waals surface area contributed by atoms with Crippen molar-refractivity contribution in [2.75, 3.05) is 39.7 Å². The van der Waals surface area contributed by atoms with Crippen LogP contribution in [0.25, 0.3) is 22.3 Å². The molecule has 5 rings (SSSR count). The van der Waals surface area contributed by atoms with Gasteiger partial charge in [0.15, 0.2) is 11.5 Å². The van der Waals surface area contributed by atoms with Crippen molar-refractivity contribution in [3.05, 3.63) is 90.5 Å². The first kappa shape index (κ1) is 27.1. The molecule has 0 radical (unpaired) electrons. The van der Waals surface area contributed by atoms with E-state index >= 15 is 0 Å². The fourth-order valence-electron chi connectivity index (χ4n) is 4.89. The van der Waals surface area contributed by atoms with E-state index in [1.54, 1.807) is 32.4 Å². The van der Waals surface area contributed by atoms with Crippen molar-refractivity contribution in [2.24, 2.45) is 0 Å². The maximum Gasteiger partial charge on any atom is 0.255 e. The highest BCUT2D eigenvalue weighted by atomic mass is 16.5. The van der Waals surface area contributed by atoms with Gasteiger partial charge in [-0.3, -0.25) is 4.79 Å². The van der Waals surface area contributed by atoms with Crippen LogP contribution in [0.3, 0.4) is 0 Å². The molecule has 0 aromatic heterocycles. The van der Waals surface area contributed by atoms with Crippen molar-refractivity contribution in [2.45, 2.75) is 18.9 Å². The topological polar surface area (TPSA) is 80.3 Å². The number of aromatic hydroxyl groups is 1. The van der Waals surface area contributed by atoms with Crippen molar-refractivity contribution < 1.29 is 24.1 Å². The van der Waals surface area contributed by atoms with Crippen LogP contribution in [0, 0.1) is 0 Å². The summed E-state index contributed by atoms with van der Waals surface area (Å²) in [7, 11) is 5.34. The van der Waals surface area contributed by atoms with E-state index in [2.05, 4.69) is 17.3 Å². The lowest BCUT2D eigenvalue weighted by molar-refractivity contribution is 0.102. The lowest BCUT2D eigenvalue weighted by Crippen LogP contribution is -2.35. The second-order valence-corrected chi connectivity index (χ2v) is 9.98. The smallest absolute Gasteiger partial charge is 0.255 e. The van der Waals surface area contributed by atoms with E-state index in [9.17, 15) is 9.90 Å². The number of piperidine rings is 1. The Hall–Kier alpha value is -4.49. The Morgan fingerprint density at radius 3 is 2.25 bits per heavy atom. The van der Waals surface area contributed by atoms with E-state index in [1.807, 2.05) is 66.7 Å². The van der Waals surface area contributed by atoms with Gasteiger partial charge in [0.1, 0.15) is 17.6 Å². The van der Waals surface area contributed by atoms with E-state index in [1.165, 1.54) is 0 Å². The van der Waals surface area contributed by atoms with Gasteiger partial charge in [-0.15, -0.1) is 0 Å². The number of amides is 1. The molecule has 0 aliphatic carbocycles. The summed E-state index contributed by atoms with van der Waals surface area (Å²) in [5.74, 6) is 1.80. The zero-order chi connectivity index (χ0) is 28.1. The number of rotatable bonds is 8. The minimum atomic E-state index is -0.229. The molecule has 7 nitrogen and oxygen atoms in total. The Labute approximate surface area is 234 Å². The van der Waals surface area contributed by atoms with Crippen LogP contribution in [0.4, 0.5) is 5.69 Å². The number of hydrogen-bond acceptors (Lipinski definition) is 6. The summed E-state index contributed by atoms with van der Waals surface area (Å²) >= 11 is 0. The number of phenolic OH excluding ortho intramolecular Hbond substituents is 1. The van der Waals surface area contributed by atoms with E-state index in [0.717, 1.165) is 53.9 Å². The van der Waals surface area contributed by atoms with Gasteiger partial charge in [-0.05, 0) is 91.2 Å². The SMILES string of the molecule is COc1cccc(-c2cc(C(=O)Nc3ccc(-c4ccc(OC5CCN(C)CC5)c(O)c4)cc3)ccc2OC)c1. The molecule has 2 N–H and O–H groups in total. The molecular formula is C33H34N2O5. The summed E-state index contributed by atoms with van der Waals surface area (Å²) in [4.78, 5) is 15.4.